The number of methoxy groups -OCH3 is 1. The lowest BCUT2D eigenvalue weighted by molar-refractivity contribution is 0.102. The van der Waals surface area contributed by atoms with Crippen LogP contribution in [0.3, 0.4) is 0 Å². The first-order chi connectivity index (χ1) is 14.1. The lowest BCUT2D eigenvalue weighted by Gasteiger charge is -2.07. The number of Topliss-reactive ketones (excluding diaryl/α,β-unsaturated/α-hetero) is 1. The average molecular weight is 426 g/mol. The Balaban J connectivity index is 1.51. The van der Waals surface area contributed by atoms with Crippen molar-refractivity contribution in [3.05, 3.63) is 65.2 Å². The van der Waals surface area contributed by atoms with E-state index < -0.39 is 0 Å². The number of thioether (sulfide) groups is 1. The van der Waals surface area contributed by atoms with E-state index in [9.17, 15) is 4.79 Å². The number of carbonyl (C=O) groups is 1. The number of aryl methyl sites for hydroxylation is 1. The molecule has 3 heterocycles. The molecule has 0 unspecified atom stereocenters. The number of ketones is 1. The minimum absolute atomic E-state index is 0.0511. The fourth-order valence-corrected chi connectivity index (χ4v) is 4.68. The third-order valence-corrected chi connectivity index (χ3v) is 6.24. The van der Waals surface area contributed by atoms with E-state index in [-0.39, 0.29) is 11.5 Å². The number of hydrogen-bond acceptors (Lipinski definition) is 7. The summed E-state index contributed by atoms with van der Waals surface area (Å²) >= 11 is 2.92. The molecule has 3 aromatic heterocycles. The average Bonchev–Trinajstić information content (AvgIpc) is 3.47. The van der Waals surface area contributed by atoms with Gasteiger partial charge in [0.05, 0.1) is 12.9 Å². The minimum atomic E-state index is 0.0511. The molecule has 0 atom stereocenters. The Bertz CT molecular complexity index is 1130. The SMILES string of the molecule is COc1ccc(-n2cnnc2SCC(=O)c2cc(C)n(-c3nccs3)c2C)cc1. The van der Waals surface area contributed by atoms with Crippen molar-refractivity contribution in [2.45, 2.75) is 19.0 Å². The van der Waals surface area contributed by atoms with Crippen molar-refractivity contribution in [3.8, 4) is 16.6 Å². The van der Waals surface area contributed by atoms with Crippen molar-refractivity contribution in [3.63, 3.8) is 0 Å². The van der Waals surface area contributed by atoms with Crippen molar-refractivity contribution >= 4 is 28.9 Å². The summed E-state index contributed by atoms with van der Waals surface area (Å²) in [5.74, 6) is 1.11. The molecule has 0 spiro atoms. The van der Waals surface area contributed by atoms with Gasteiger partial charge in [0.15, 0.2) is 16.1 Å². The van der Waals surface area contributed by atoms with Gasteiger partial charge in [0, 0.05) is 34.2 Å². The minimum Gasteiger partial charge on any atom is -0.497 e. The van der Waals surface area contributed by atoms with E-state index in [2.05, 4.69) is 15.2 Å². The maximum Gasteiger partial charge on any atom is 0.196 e. The lowest BCUT2D eigenvalue weighted by Crippen LogP contribution is -2.06. The topological polar surface area (TPSA) is 74.8 Å². The highest BCUT2D eigenvalue weighted by atomic mass is 32.2. The maximum atomic E-state index is 12.9. The van der Waals surface area contributed by atoms with Crippen LogP contribution in [0.15, 0.2) is 53.4 Å². The van der Waals surface area contributed by atoms with Gasteiger partial charge in [-0.2, -0.15) is 0 Å². The van der Waals surface area contributed by atoms with Crippen LogP contribution in [-0.4, -0.2) is 43.0 Å². The van der Waals surface area contributed by atoms with Crippen LogP contribution in [0.25, 0.3) is 10.8 Å². The zero-order valence-corrected chi connectivity index (χ0v) is 17.8. The standard InChI is InChI=1S/C20H19N5O2S2/c1-13-10-17(14(2)25(13)19-21-8-9-28-19)18(26)11-29-20-23-22-12-24(20)15-4-6-16(27-3)7-5-15/h4-10,12H,11H2,1-3H3. The molecule has 1 aromatic carbocycles. The van der Waals surface area contributed by atoms with Crippen molar-refractivity contribution in [1.82, 2.24) is 24.3 Å². The predicted molar refractivity (Wildman–Crippen MR) is 114 cm³/mol. The molecule has 0 amide bonds. The van der Waals surface area contributed by atoms with Crippen LogP contribution in [0.5, 0.6) is 5.75 Å². The van der Waals surface area contributed by atoms with E-state index >= 15 is 0 Å². The van der Waals surface area contributed by atoms with E-state index in [1.165, 1.54) is 11.8 Å². The fourth-order valence-electron chi connectivity index (χ4n) is 3.12. The molecule has 148 valence electrons. The van der Waals surface area contributed by atoms with Gasteiger partial charge in [-0.3, -0.25) is 13.9 Å². The summed E-state index contributed by atoms with van der Waals surface area (Å²) in [5.41, 5.74) is 3.51. The fraction of sp³-hybridized carbons (Fsp3) is 0.200. The molecule has 0 saturated heterocycles. The van der Waals surface area contributed by atoms with Gasteiger partial charge in [0.1, 0.15) is 12.1 Å². The van der Waals surface area contributed by atoms with Gasteiger partial charge < -0.3 is 4.74 Å². The van der Waals surface area contributed by atoms with Crippen LogP contribution in [0, 0.1) is 13.8 Å². The Morgan fingerprint density at radius 1 is 1.24 bits per heavy atom. The summed E-state index contributed by atoms with van der Waals surface area (Å²) < 4.78 is 9.07. The number of nitrogens with zero attached hydrogens (tertiary/aromatic N) is 5. The third-order valence-electron chi connectivity index (χ3n) is 4.54. The van der Waals surface area contributed by atoms with Crippen LogP contribution >= 0.6 is 23.1 Å². The highest BCUT2D eigenvalue weighted by molar-refractivity contribution is 7.99. The van der Waals surface area contributed by atoms with Gasteiger partial charge in [-0.25, -0.2) is 4.98 Å². The third kappa shape index (κ3) is 3.83. The lowest BCUT2D eigenvalue weighted by atomic mass is 10.2. The molecular weight excluding hydrogens is 406 g/mol. The largest absolute Gasteiger partial charge is 0.497 e. The van der Waals surface area contributed by atoms with Crippen LogP contribution < -0.4 is 4.74 Å². The number of rotatable bonds is 7. The molecular formula is C20H19N5O2S2. The van der Waals surface area contributed by atoms with Crippen molar-refractivity contribution in [2.75, 3.05) is 12.9 Å². The molecule has 7 nitrogen and oxygen atoms in total. The highest BCUT2D eigenvalue weighted by Crippen LogP contribution is 2.26. The molecule has 0 N–H and O–H groups in total. The summed E-state index contributed by atoms with van der Waals surface area (Å²) in [6.07, 6.45) is 3.41. The molecule has 0 radical (unpaired) electrons. The zero-order chi connectivity index (χ0) is 20.4. The van der Waals surface area contributed by atoms with Gasteiger partial charge >= 0.3 is 0 Å². The van der Waals surface area contributed by atoms with Crippen LogP contribution in [0.1, 0.15) is 21.7 Å². The second-order valence-corrected chi connectivity index (χ2v) is 8.14. The molecule has 0 bridgehead atoms. The smallest absolute Gasteiger partial charge is 0.196 e. The second kappa shape index (κ2) is 8.22. The Hall–Kier alpha value is -2.91. The second-order valence-electron chi connectivity index (χ2n) is 6.33. The highest BCUT2D eigenvalue weighted by Gasteiger charge is 2.19. The molecule has 4 aromatic rings. The maximum absolute atomic E-state index is 12.9. The van der Waals surface area contributed by atoms with E-state index in [1.54, 1.807) is 31.0 Å². The van der Waals surface area contributed by atoms with Gasteiger partial charge in [-0.1, -0.05) is 11.8 Å². The Labute approximate surface area is 176 Å². The summed E-state index contributed by atoms with van der Waals surface area (Å²) in [7, 11) is 1.63. The first-order valence-electron chi connectivity index (χ1n) is 8.87. The quantitative estimate of drug-likeness (QED) is 0.328. The molecule has 0 aliphatic rings. The van der Waals surface area contributed by atoms with E-state index in [4.69, 9.17) is 4.74 Å². The van der Waals surface area contributed by atoms with Gasteiger partial charge in [-0.05, 0) is 44.2 Å². The monoisotopic (exact) mass is 425 g/mol. The Morgan fingerprint density at radius 2 is 2.03 bits per heavy atom. The predicted octanol–water partition coefficient (Wildman–Crippen LogP) is 4.11. The van der Waals surface area contributed by atoms with E-state index in [0.29, 0.717) is 10.7 Å². The number of thiazole rings is 1. The number of benzene rings is 1. The zero-order valence-electron chi connectivity index (χ0n) is 16.2. The van der Waals surface area contributed by atoms with Gasteiger partial charge in [-0.15, -0.1) is 21.5 Å². The van der Waals surface area contributed by atoms with E-state index in [1.807, 2.05) is 58.7 Å². The van der Waals surface area contributed by atoms with Crippen molar-refractivity contribution in [2.24, 2.45) is 0 Å². The first kappa shape index (κ1) is 19.4. The molecule has 0 aliphatic heterocycles. The van der Waals surface area contributed by atoms with Gasteiger partial charge in [0.2, 0.25) is 0 Å². The van der Waals surface area contributed by atoms with Crippen LogP contribution in [-0.2, 0) is 0 Å². The summed E-state index contributed by atoms with van der Waals surface area (Å²) in [4.78, 5) is 17.3. The molecule has 4 rings (SSSR count). The number of carbonyl (C=O) groups excluding carboxylic acids is 1. The molecule has 0 aliphatic carbocycles. The van der Waals surface area contributed by atoms with Crippen LogP contribution in [0.2, 0.25) is 0 Å². The Morgan fingerprint density at radius 3 is 2.72 bits per heavy atom. The molecule has 9 heteroatoms. The van der Waals surface area contributed by atoms with E-state index in [0.717, 1.165) is 28.0 Å². The molecule has 0 saturated carbocycles. The number of ether oxygens (including phenoxy) is 1. The number of hydrogen-bond donors (Lipinski definition) is 0. The summed E-state index contributed by atoms with van der Waals surface area (Å²) in [5, 5.41) is 11.6. The van der Waals surface area contributed by atoms with Crippen molar-refractivity contribution in [1.29, 1.82) is 0 Å². The molecule has 0 fully saturated rings. The Kier molecular flexibility index (Phi) is 5.50. The first-order valence-corrected chi connectivity index (χ1v) is 10.7. The summed E-state index contributed by atoms with van der Waals surface area (Å²) in [6.45, 7) is 3.94. The normalized spacial score (nSPS) is 11.0. The summed E-state index contributed by atoms with van der Waals surface area (Å²) in [6, 6.07) is 9.53. The number of aromatic nitrogens is 5. The van der Waals surface area contributed by atoms with Gasteiger partial charge in [0.25, 0.3) is 0 Å². The van der Waals surface area contributed by atoms with Crippen molar-refractivity contribution < 1.29 is 9.53 Å². The van der Waals surface area contributed by atoms with Crippen LogP contribution in [0.4, 0.5) is 0 Å². The molecule has 29 heavy (non-hydrogen) atoms.